The summed E-state index contributed by atoms with van der Waals surface area (Å²) in [5, 5.41) is 13.4. The van der Waals surface area contributed by atoms with Gasteiger partial charge in [0.25, 0.3) is 0 Å². The molecule has 3 N–H and O–H groups in total. The Balaban J connectivity index is 1.76. The van der Waals surface area contributed by atoms with Crippen molar-refractivity contribution in [1.82, 2.24) is 24.6 Å². The van der Waals surface area contributed by atoms with Gasteiger partial charge in [0.2, 0.25) is 5.95 Å². The number of esters is 1. The topological polar surface area (TPSA) is 129 Å². The van der Waals surface area contributed by atoms with Crippen LogP contribution in [0.15, 0.2) is 36.5 Å². The molecule has 38 heavy (non-hydrogen) atoms. The minimum atomic E-state index is -2.86. The first-order chi connectivity index (χ1) is 17.9. The molecule has 0 bridgehead atoms. The van der Waals surface area contributed by atoms with Gasteiger partial charge in [-0.25, -0.2) is 14.6 Å². The van der Waals surface area contributed by atoms with Gasteiger partial charge in [0.15, 0.2) is 0 Å². The van der Waals surface area contributed by atoms with Gasteiger partial charge < -0.3 is 20.3 Å². The summed E-state index contributed by atoms with van der Waals surface area (Å²) >= 11 is 5.99. The molecule has 0 fully saturated rings. The monoisotopic (exact) mass is 552 g/mol. The highest BCUT2D eigenvalue weighted by molar-refractivity contribution is 6.29. The lowest BCUT2D eigenvalue weighted by Crippen LogP contribution is -2.38. The molecule has 0 radical (unpaired) electrons. The van der Waals surface area contributed by atoms with Gasteiger partial charge in [-0.05, 0) is 32.4 Å². The van der Waals surface area contributed by atoms with Crippen LogP contribution in [0.3, 0.4) is 0 Å². The predicted octanol–water partition coefficient (Wildman–Crippen LogP) is 3.58. The smallest absolute Gasteiger partial charge is 0.333 e. The average molecular weight is 553 g/mol. The first-order valence-electron chi connectivity index (χ1n) is 11.9. The highest BCUT2D eigenvalue weighted by Crippen LogP contribution is 2.29. The molecule has 0 saturated heterocycles. The van der Waals surface area contributed by atoms with Crippen LogP contribution in [0, 0.1) is 0 Å². The van der Waals surface area contributed by atoms with E-state index in [-0.39, 0.29) is 55.2 Å². The third-order valence-electron chi connectivity index (χ3n) is 5.17. The van der Waals surface area contributed by atoms with E-state index in [1.165, 1.54) is 12.3 Å². The molecule has 0 amide bonds. The molecule has 0 unspecified atom stereocenters. The fourth-order valence-corrected chi connectivity index (χ4v) is 3.87. The van der Waals surface area contributed by atoms with Crippen molar-refractivity contribution in [3.05, 3.63) is 52.8 Å². The van der Waals surface area contributed by atoms with Crippen LogP contribution in [0.1, 0.15) is 38.4 Å². The fourth-order valence-electron chi connectivity index (χ4n) is 3.68. The lowest BCUT2D eigenvalue weighted by molar-refractivity contribution is -0.156. The second-order valence-corrected chi connectivity index (χ2v) is 9.80. The normalized spacial score (nSPS) is 11.8. The van der Waals surface area contributed by atoms with E-state index in [0.717, 1.165) is 5.56 Å². The minimum Gasteiger partial charge on any atom is -0.492 e. The third kappa shape index (κ3) is 8.61. The highest BCUT2D eigenvalue weighted by Gasteiger charge is 2.21. The Labute approximate surface area is 224 Å². The van der Waals surface area contributed by atoms with E-state index in [9.17, 15) is 18.7 Å². The Morgan fingerprint density at radius 3 is 2.61 bits per heavy atom. The van der Waals surface area contributed by atoms with Crippen LogP contribution in [0.25, 0.3) is 11.4 Å². The van der Waals surface area contributed by atoms with Crippen LogP contribution < -0.4 is 10.5 Å². The molecular weight excluding hydrogens is 522 g/mol. The van der Waals surface area contributed by atoms with Gasteiger partial charge in [-0.3, -0.25) is 9.69 Å². The van der Waals surface area contributed by atoms with E-state index in [0.29, 0.717) is 22.5 Å². The largest absolute Gasteiger partial charge is 0.492 e. The standard InChI is InChI=1S/C25H31ClF2N6O4/c1-25(2,3)38-21(36)15-33(8-10-35)9-11-37-19-7-5-4-6-16(19)12-17-14-34(23(27)28)32-22(17)18-13-20(26)31-24(29)30-18/h4-7,13-14,23,35H,8-12,15H2,1-3H3,(H2,29,30,31). The lowest BCUT2D eigenvalue weighted by atomic mass is 10.0. The number of hydrogen-bond acceptors (Lipinski definition) is 9. The Bertz CT molecular complexity index is 1210. The molecule has 3 aromatic rings. The SMILES string of the molecule is CC(C)(C)OC(=O)CN(CCO)CCOc1ccccc1Cc1cn(C(F)F)nc1-c1cc(Cl)nc(N)n1. The van der Waals surface area contributed by atoms with Gasteiger partial charge in [-0.15, -0.1) is 0 Å². The second-order valence-electron chi connectivity index (χ2n) is 9.41. The summed E-state index contributed by atoms with van der Waals surface area (Å²) in [4.78, 5) is 21.8. The number of nitrogen functional groups attached to an aromatic ring is 1. The zero-order chi connectivity index (χ0) is 27.9. The van der Waals surface area contributed by atoms with Crippen LogP contribution in [0.4, 0.5) is 14.7 Å². The summed E-state index contributed by atoms with van der Waals surface area (Å²) in [6.45, 7) is 3.20. The van der Waals surface area contributed by atoms with E-state index < -0.39 is 18.1 Å². The van der Waals surface area contributed by atoms with Gasteiger partial charge in [0.05, 0.1) is 18.8 Å². The molecule has 13 heteroatoms. The molecule has 2 aromatic heterocycles. The zero-order valence-electron chi connectivity index (χ0n) is 21.4. The quantitative estimate of drug-likeness (QED) is 0.256. The van der Waals surface area contributed by atoms with Crippen molar-refractivity contribution in [3.8, 4) is 17.1 Å². The number of halogens is 3. The van der Waals surface area contributed by atoms with Gasteiger partial charge >= 0.3 is 12.5 Å². The number of anilines is 1. The number of aliphatic hydroxyl groups excluding tert-OH is 1. The van der Waals surface area contributed by atoms with Crippen molar-refractivity contribution >= 4 is 23.5 Å². The van der Waals surface area contributed by atoms with Crippen LogP contribution in [-0.2, 0) is 16.0 Å². The molecule has 0 aliphatic heterocycles. The molecule has 1 aromatic carbocycles. The van der Waals surface area contributed by atoms with Crippen LogP contribution >= 0.6 is 11.6 Å². The second kappa shape index (κ2) is 12.9. The van der Waals surface area contributed by atoms with Crippen LogP contribution in [0.5, 0.6) is 5.75 Å². The Kier molecular flexibility index (Phi) is 9.95. The summed E-state index contributed by atoms with van der Waals surface area (Å²) in [5.41, 5.74) is 6.68. The van der Waals surface area contributed by atoms with Crippen molar-refractivity contribution in [2.45, 2.75) is 39.3 Å². The average Bonchev–Trinajstić information content (AvgIpc) is 3.23. The number of nitrogens with two attached hydrogens (primary N) is 1. The maximum atomic E-state index is 13.5. The number of ether oxygens (including phenoxy) is 2. The number of aliphatic hydroxyl groups is 1. The molecule has 0 spiro atoms. The summed E-state index contributed by atoms with van der Waals surface area (Å²) in [7, 11) is 0. The first-order valence-corrected chi connectivity index (χ1v) is 12.3. The maximum absolute atomic E-state index is 13.5. The molecule has 2 heterocycles. The molecule has 3 rings (SSSR count). The van der Waals surface area contributed by atoms with Crippen LogP contribution in [0.2, 0.25) is 5.15 Å². The molecule has 10 nitrogen and oxygen atoms in total. The number of carbonyl (C=O) groups excluding carboxylic acids is 1. The zero-order valence-corrected chi connectivity index (χ0v) is 22.2. The van der Waals surface area contributed by atoms with Crippen molar-refractivity contribution < 1.29 is 28.2 Å². The number of rotatable bonds is 12. The molecule has 0 atom stereocenters. The lowest BCUT2D eigenvalue weighted by Gasteiger charge is -2.24. The number of aromatic nitrogens is 4. The Morgan fingerprint density at radius 1 is 1.21 bits per heavy atom. The number of hydrogen-bond donors (Lipinski definition) is 2. The number of benzene rings is 1. The highest BCUT2D eigenvalue weighted by atomic mass is 35.5. The van der Waals surface area contributed by atoms with Crippen molar-refractivity contribution in [2.75, 3.05) is 38.6 Å². The number of nitrogens with zero attached hydrogens (tertiary/aromatic N) is 5. The maximum Gasteiger partial charge on any atom is 0.333 e. The minimum absolute atomic E-state index is 0.00360. The molecule has 0 saturated carbocycles. The summed E-state index contributed by atoms with van der Waals surface area (Å²) in [5.74, 6) is 0.0256. The van der Waals surface area contributed by atoms with E-state index >= 15 is 0 Å². The molecule has 206 valence electrons. The summed E-state index contributed by atoms with van der Waals surface area (Å²) in [6.07, 6.45) is 1.45. The van der Waals surface area contributed by atoms with E-state index in [4.69, 9.17) is 26.8 Å². The van der Waals surface area contributed by atoms with Crippen molar-refractivity contribution in [3.63, 3.8) is 0 Å². The number of alkyl halides is 2. The summed E-state index contributed by atoms with van der Waals surface area (Å²) in [6, 6.07) is 8.57. The fraction of sp³-hybridized carbons (Fsp3) is 0.440. The predicted molar refractivity (Wildman–Crippen MR) is 138 cm³/mol. The van der Waals surface area contributed by atoms with Crippen molar-refractivity contribution in [2.24, 2.45) is 0 Å². The van der Waals surface area contributed by atoms with Crippen molar-refractivity contribution in [1.29, 1.82) is 0 Å². The van der Waals surface area contributed by atoms with Gasteiger partial charge in [0, 0.05) is 37.3 Å². The Morgan fingerprint density at radius 2 is 1.95 bits per heavy atom. The van der Waals surface area contributed by atoms with Crippen LogP contribution in [-0.4, -0.2) is 74.2 Å². The first kappa shape index (κ1) is 29.2. The van der Waals surface area contributed by atoms with E-state index in [1.807, 2.05) is 6.07 Å². The number of carbonyl (C=O) groups is 1. The van der Waals surface area contributed by atoms with Gasteiger partial charge in [-0.2, -0.15) is 13.9 Å². The Hall–Kier alpha value is -3.35. The molecule has 0 aliphatic carbocycles. The van der Waals surface area contributed by atoms with E-state index in [2.05, 4.69) is 15.1 Å². The molecular formula is C25H31ClF2N6O4. The molecule has 0 aliphatic rings. The third-order valence-corrected chi connectivity index (χ3v) is 5.36. The van der Waals surface area contributed by atoms with E-state index in [1.54, 1.807) is 43.9 Å². The van der Waals surface area contributed by atoms with Gasteiger partial charge in [0.1, 0.15) is 28.8 Å². The number of para-hydroxylation sites is 1. The summed E-state index contributed by atoms with van der Waals surface area (Å²) < 4.78 is 38.8. The van der Waals surface area contributed by atoms with Gasteiger partial charge in [-0.1, -0.05) is 29.8 Å².